The zero-order valence-electron chi connectivity index (χ0n) is 17.0. The van der Waals surface area contributed by atoms with E-state index >= 15 is 0 Å². The van der Waals surface area contributed by atoms with E-state index < -0.39 is 16.1 Å². The van der Waals surface area contributed by atoms with Crippen molar-refractivity contribution in [2.24, 2.45) is 0 Å². The van der Waals surface area contributed by atoms with Gasteiger partial charge in [-0.25, -0.2) is 13.2 Å². The maximum absolute atomic E-state index is 13.4. The van der Waals surface area contributed by atoms with Gasteiger partial charge in [-0.15, -0.1) is 0 Å². The van der Waals surface area contributed by atoms with E-state index in [4.69, 9.17) is 0 Å². The highest BCUT2D eigenvalue weighted by atomic mass is 32.2. The summed E-state index contributed by atoms with van der Waals surface area (Å²) >= 11 is 0. The summed E-state index contributed by atoms with van der Waals surface area (Å²) in [7, 11) is -4.11. The largest absolute Gasteiger partial charge is 0.343 e. The maximum Gasteiger partial charge on any atom is 0.343 e. The molecule has 1 heterocycles. The first-order valence-corrected chi connectivity index (χ1v) is 11.0. The second-order valence-electron chi connectivity index (χ2n) is 6.89. The van der Waals surface area contributed by atoms with Crippen LogP contribution in [0.1, 0.15) is 25.0 Å². The molecule has 1 aliphatic heterocycles. The second kappa shape index (κ2) is 7.87. The Morgan fingerprint density at radius 2 is 1.59 bits per heavy atom. The zero-order chi connectivity index (χ0) is 21.3. The molecule has 0 saturated heterocycles. The highest BCUT2D eigenvalue weighted by Gasteiger charge is 2.43. The monoisotopic (exact) mass is 415 g/mol. The molecular formula is C21H25N3O4S. The fourth-order valence-electron chi connectivity index (χ4n) is 3.46. The number of aryl methyl sites for hydroxylation is 1. The standard InChI is InChI=1S/C21H25N3O4S/c1-5-22(6-2)20(25)14-23-18-11-7-8-13-19(18)29(27,28)24(21(23)26)17-12-9-10-15(3)16(17)4/h7-13H,5-6,14H2,1-4H3. The number of amides is 3. The van der Waals surface area contributed by atoms with Crippen molar-refractivity contribution in [3.05, 3.63) is 53.6 Å². The molecule has 7 nitrogen and oxygen atoms in total. The van der Waals surface area contributed by atoms with Gasteiger partial charge < -0.3 is 4.90 Å². The van der Waals surface area contributed by atoms with Crippen LogP contribution in [-0.2, 0) is 14.8 Å². The van der Waals surface area contributed by atoms with Crippen LogP contribution in [0.25, 0.3) is 0 Å². The fraction of sp³-hybridized carbons (Fsp3) is 0.333. The van der Waals surface area contributed by atoms with Gasteiger partial charge in [0.05, 0.1) is 11.4 Å². The molecule has 0 saturated carbocycles. The SMILES string of the molecule is CCN(CC)C(=O)CN1C(=O)N(c2cccc(C)c2C)S(=O)(=O)c2ccccc21. The van der Waals surface area contributed by atoms with Crippen LogP contribution in [0.15, 0.2) is 47.4 Å². The van der Waals surface area contributed by atoms with Crippen LogP contribution in [0.5, 0.6) is 0 Å². The van der Waals surface area contributed by atoms with E-state index in [1.165, 1.54) is 11.0 Å². The van der Waals surface area contributed by atoms with Gasteiger partial charge in [-0.2, -0.15) is 4.31 Å². The minimum absolute atomic E-state index is 0.00727. The number of nitrogens with zero attached hydrogens (tertiary/aromatic N) is 3. The van der Waals surface area contributed by atoms with Crippen molar-refractivity contribution in [1.29, 1.82) is 0 Å². The van der Waals surface area contributed by atoms with E-state index in [1.807, 2.05) is 26.8 Å². The van der Waals surface area contributed by atoms with Crippen molar-refractivity contribution in [2.45, 2.75) is 32.6 Å². The van der Waals surface area contributed by atoms with Gasteiger partial charge in [0.25, 0.3) is 10.0 Å². The predicted octanol–water partition coefficient (Wildman–Crippen LogP) is 3.31. The zero-order valence-corrected chi connectivity index (χ0v) is 17.9. The summed E-state index contributed by atoms with van der Waals surface area (Å²) in [5, 5.41) is 0. The number of sulfonamides is 1. The van der Waals surface area contributed by atoms with E-state index in [-0.39, 0.29) is 23.0 Å². The molecule has 2 aromatic carbocycles. The van der Waals surface area contributed by atoms with Crippen LogP contribution in [-0.4, -0.2) is 44.9 Å². The number of hydrogen-bond acceptors (Lipinski definition) is 4. The first kappa shape index (κ1) is 20.9. The normalized spacial score (nSPS) is 15.2. The number of likely N-dealkylation sites (N-methyl/N-ethyl adjacent to an activating group) is 1. The summed E-state index contributed by atoms with van der Waals surface area (Å²) in [5.74, 6) is -0.238. The number of fused-ring (bicyclic) bond motifs is 1. The van der Waals surface area contributed by atoms with Gasteiger partial charge in [0.1, 0.15) is 11.4 Å². The molecule has 0 bridgehead atoms. The highest BCUT2D eigenvalue weighted by Crippen LogP contribution is 2.38. The van der Waals surface area contributed by atoms with Crippen LogP contribution >= 0.6 is 0 Å². The predicted molar refractivity (Wildman–Crippen MR) is 113 cm³/mol. The fourth-order valence-corrected chi connectivity index (χ4v) is 5.12. The molecule has 154 valence electrons. The number of hydrogen-bond donors (Lipinski definition) is 0. The van der Waals surface area contributed by atoms with Crippen molar-refractivity contribution in [1.82, 2.24) is 4.90 Å². The molecule has 0 fully saturated rings. The summed E-state index contributed by atoms with van der Waals surface area (Å²) in [6.07, 6.45) is 0. The quantitative estimate of drug-likeness (QED) is 0.751. The Morgan fingerprint density at radius 1 is 0.966 bits per heavy atom. The number of para-hydroxylation sites is 1. The van der Waals surface area contributed by atoms with Crippen molar-refractivity contribution < 1.29 is 18.0 Å². The molecule has 8 heteroatoms. The van der Waals surface area contributed by atoms with Gasteiger partial charge in [0.15, 0.2) is 0 Å². The molecule has 1 aliphatic rings. The molecule has 0 N–H and O–H groups in total. The average molecular weight is 416 g/mol. The smallest absolute Gasteiger partial charge is 0.342 e. The molecular weight excluding hydrogens is 390 g/mol. The molecule has 3 amide bonds. The first-order chi connectivity index (χ1) is 13.7. The third-order valence-electron chi connectivity index (χ3n) is 5.28. The molecule has 0 aromatic heterocycles. The summed E-state index contributed by atoms with van der Waals surface area (Å²) in [4.78, 5) is 29.0. The topological polar surface area (TPSA) is 78.0 Å². The molecule has 0 atom stereocenters. The van der Waals surface area contributed by atoms with Gasteiger partial charge in [-0.1, -0.05) is 24.3 Å². The van der Waals surface area contributed by atoms with Crippen LogP contribution in [0.2, 0.25) is 0 Å². The Morgan fingerprint density at radius 3 is 2.24 bits per heavy atom. The average Bonchev–Trinajstić information content (AvgIpc) is 2.69. The molecule has 0 unspecified atom stereocenters. The molecule has 0 radical (unpaired) electrons. The third-order valence-corrected chi connectivity index (χ3v) is 7.02. The Hall–Kier alpha value is -2.87. The van der Waals surface area contributed by atoms with Crippen LogP contribution in [0.3, 0.4) is 0 Å². The number of rotatable bonds is 5. The molecule has 0 aliphatic carbocycles. The lowest BCUT2D eigenvalue weighted by molar-refractivity contribution is -0.129. The van der Waals surface area contributed by atoms with E-state index in [0.717, 1.165) is 9.87 Å². The number of carbonyl (C=O) groups excluding carboxylic acids is 2. The minimum atomic E-state index is -4.11. The van der Waals surface area contributed by atoms with Crippen molar-refractivity contribution >= 4 is 33.3 Å². The van der Waals surface area contributed by atoms with E-state index in [2.05, 4.69) is 0 Å². The van der Waals surface area contributed by atoms with Crippen molar-refractivity contribution in [3.63, 3.8) is 0 Å². The van der Waals surface area contributed by atoms with Gasteiger partial charge >= 0.3 is 6.03 Å². The molecule has 3 rings (SSSR count). The number of benzene rings is 2. The lowest BCUT2D eigenvalue weighted by atomic mass is 10.1. The Kier molecular flexibility index (Phi) is 5.66. The van der Waals surface area contributed by atoms with Crippen molar-refractivity contribution in [2.75, 3.05) is 28.8 Å². The highest BCUT2D eigenvalue weighted by molar-refractivity contribution is 7.94. The van der Waals surface area contributed by atoms with Gasteiger partial charge in [-0.05, 0) is 57.0 Å². The minimum Gasteiger partial charge on any atom is -0.342 e. The van der Waals surface area contributed by atoms with E-state index in [0.29, 0.717) is 24.3 Å². The van der Waals surface area contributed by atoms with Crippen LogP contribution in [0.4, 0.5) is 16.2 Å². The van der Waals surface area contributed by atoms with E-state index in [9.17, 15) is 18.0 Å². The van der Waals surface area contributed by atoms with Gasteiger partial charge in [0, 0.05) is 13.1 Å². The molecule has 29 heavy (non-hydrogen) atoms. The van der Waals surface area contributed by atoms with Gasteiger partial charge in [-0.3, -0.25) is 9.69 Å². The van der Waals surface area contributed by atoms with Crippen LogP contribution in [0, 0.1) is 13.8 Å². The summed E-state index contributed by atoms with van der Waals surface area (Å²) in [5.41, 5.74) is 2.08. The van der Waals surface area contributed by atoms with Gasteiger partial charge in [0.2, 0.25) is 5.91 Å². The Labute approximate surface area is 171 Å². The van der Waals surface area contributed by atoms with Crippen LogP contribution < -0.4 is 9.21 Å². The molecule has 0 spiro atoms. The second-order valence-corrected chi connectivity index (χ2v) is 8.65. The first-order valence-electron chi connectivity index (χ1n) is 9.53. The van der Waals surface area contributed by atoms with E-state index in [1.54, 1.807) is 42.2 Å². The lowest BCUT2D eigenvalue weighted by Gasteiger charge is -2.37. The lowest BCUT2D eigenvalue weighted by Crippen LogP contribution is -2.54. The molecule has 2 aromatic rings. The number of carbonyl (C=O) groups is 2. The van der Waals surface area contributed by atoms with Crippen molar-refractivity contribution in [3.8, 4) is 0 Å². The summed E-state index contributed by atoms with van der Waals surface area (Å²) in [6, 6.07) is 10.7. The summed E-state index contributed by atoms with van der Waals surface area (Å²) in [6.45, 7) is 8.15. The Balaban J connectivity index is 2.17. The Bertz CT molecular complexity index is 1060. The third kappa shape index (κ3) is 3.48. The summed E-state index contributed by atoms with van der Waals surface area (Å²) < 4.78 is 27.5. The number of anilines is 2. The maximum atomic E-state index is 13.4. The number of urea groups is 1.